The molecule has 37 heavy (non-hydrogen) atoms. The molecule has 0 spiro atoms. The van der Waals surface area contributed by atoms with Gasteiger partial charge in [0.2, 0.25) is 0 Å². The molecular formula is C29H26N4O4. The number of carbonyl (C=O) groups excluding carboxylic acids is 2. The van der Waals surface area contributed by atoms with E-state index in [0.29, 0.717) is 53.5 Å². The summed E-state index contributed by atoms with van der Waals surface area (Å²) in [5, 5.41) is 14.5. The minimum Gasteiger partial charge on any atom is -0.486 e. The topological polar surface area (TPSA) is 97.5 Å². The average Bonchev–Trinajstić information content (AvgIpc) is 3.35. The van der Waals surface area contributed by atoms with Crippen molar-refractivity contribution in [1.82, 2.24) is 14.7 Å². The van der Waals surface area contributed by atoms with Crippen molar-refractivity contribution in [3.63, 3.8) is 0 Å². The molecule has 0 aliphatic carbocycles. The van der Waals surface area contributed by atoms with Gasteiger partial charge in [0.25, 0.3) is 11.8 Å². The molecule has 2 aliphatic heterocycles. The van der Waals surface area contributed by atoms with Gasteiger partial charge in [-0.05, 0) is 55.3 Å². The zero-order valence-corrected chi connectivity index (χ0v) is 20.7. The highest BCUT2D eigenvalue weighted by Gasteiger charge is 2.35. The van der Waals surface area contributed by atoms with Crippen LogP contribution in [-0.4, -0.2) is 46.3 Å². The molecule has 2 amide bonds. The van der Waals surface area contributed by atoms with E-state index in [1.54, 1.807) is 17.7 Å². The van der Waals surface area contributed by atoms with Crippen LogP contribution in [0, 0.1) is 11.3 Å². The molecule has 8 nitrogen and oxygen atoms in total. The standard InChI is InChI=1S/C29H26N4O4/c1-3-4-12-32-28(34)23(19(2)24(17-30)29(32)35)15-21-18-33(22-8-6-5-7-9-22)31-27(21)20-10-11-25-26(16-20)37-14-13-36-25/h5-11,15-16,18H,3-4,12-14H2,1-2H3/b23-15+. The smallest absolute Gasteiger partial charge is 0.271 e. The van der Waals surface area contributed by atoms with Crippen LogP contribution in [0.3, 0.4) is 0 Å². The second kappa shape index (κ2) is 10.2. The van der Waals surface area contributed by atoms with Gasteiger partial charge in [-0.25, -0.2) is 4.68 Å². The summed E-state index contributed by atoms with van der Waals surface area (Å²) in [5.41, 5.74) is 3.60. The van der Waals surface area contributed by atoms with Crippen molar-refractivity contribution in [2.75, 3.05) is 19.8 Å². The third-order valence-electron chi connectivity index (χ3n) is 6.44. The molecule has 0 fully saturated rings. The van der Waals surface area contributed by atoms with Gasteiger partial charge >= 0.3 is 0 Å². The maximum absolute atomic E-state index is 13.5. The number of para-hydroxylation sites is 1. The lowest BCUT2D eigenvalue weighted by Crippen LogP contribution is -2.43. The minimum absolute atomic E-state index is 0.0155. The van der Waals surface area contributed by atoms with Gasteiger partial charge in [0, 0.05) is 29.4 Å². The zero-order chi connectivity index (χ0) is 25.9. The van der Waals surface area contributed by atoms with E-state index >= 15 is 0 Å². The predicted molar refractivity (Wildman–Crippen MR) is 138 cm³/mol. The molecule has 0 N–H and O–H groups in total. The van der Waals surface area contributed by atoms with E-state index in [0.717, 1.165) is 17.7 Å². The van der Waals surface area contributed by atoms with Gasteiger partial charge in [-0.2, -0.15) is 10.4 Å². The molecule has 186 valence electrons. The van der Waals surface area contributed by atoms with Crippen molar-refractivity contribution in [1.29, 1.82) is 5.26 Å². The lowest BCUT2D eigenvalue weighted by molar-refractivity contribution is -0.140. The maximum atomic E-state index is 13.5. The monoisotopic (exact) mass is 494 g/mol. The van der Waals surface area contributed by atoms with Crippen molar-refractivity contribution in [3.05, 3.63) is 77.0 Å². The number of ether oxygens (including phenoxy) is 2. The van der Waals surface area contributed by atoms with Crippen LogP contribution in [0.1, 0.15) is 32.3 Å². The number of benzene rings is 2. The van der Waals surface area contributed by atoms with Gasteiger partial charge in [-0.15, -0.1) is 0 Å². The molecule has 0 bridgehead atoms. The maximum Gasteiger partial charge on any atom is 0.271 e. The number of unbranched alkanes of at least 4 members (excludes halogenated alkanes) is 1. The Kier molecular flexibility index (Phi) is 6.60. The van der Waals surface area contributed by atoms with Gasteiger partial charge in [-0.1, -0.05) is 31.5 Å². The summed E-state index contributed by atoms with van der Waals surface area (Å²) in [7, 11) is 0. The Hall–Kier alpha value is -4.64. The molecule has 2 aliphatic rings. The van der Waals surface area contributed by atoms with Gasteiger partial charge in [0.05, 0.1) is 5.69 Å². The Bertz CT molecular complexity index is 1480. The molecule has 0 atom stereocenters. The minimum atomic E-state index is -0.539. The number of nitriles is 1. The van der Waals surface area contributed by atoms with Crippen molar-refractivity contribution >= 4 is 17.9 Å². The summed E-state index contributed by atoms with van der Waals surface area (Å²) in [6.45, 7) is 4.85. The van der Waals surface area contributed by atoms with Crippen molar-refractivity contribution in [2.24, 2.45) is 0 Å². The first kappa shape index (κ1) is 24.1. The molecule has 0 unspecified atom stereocenters. The summed E-state index contributed by atoms with van der Waals surface area (Å²) in [5.74, 6) is 0.352. The summed E-state index contributed by atoms with van der Waals surface area (Å²) >= 11 is 0. The van der Waals surface area contributed by atoms with E-state index in [1.807, 2.05) is 67.7 Å². The number of aromatic nitrogens is 2. The second-order valence-corrected chi connectivity index (χ2v) is 8.86. The molecule has 8 heteroatoms. The molecule has 0 saturated carbocycles. The van der Waals surface area contributed by atoms with Crippen molar-refractivity contribution < 1.29 is 19.1 Å². The lowest BCUT2D eigenvalue weighted by Gasteiger charge is -2.27. The third kappa shape index (κ3) is 4.52. The van der Waals surface area contributed by atoms with Gasteiger partial charge < -0.3 is 9.47 Å². The molecule has 3 heterocycles. The largest absolute Gasteiger partial charge is 0.486 e. The number of imide groups is 1. The van der Waals surface area contributed by atoms with Crippen LogP contribution in [0.4, 0.5) is 0 Å². The average molecular weight is 495 g/mol. The summed E-state index contributed by atoms with van der Waals surface area (Å²) in [6, 6.07) is 17.3. The van der Waals surface area contributed by atoms with Crippen LogP contribution in [0.2, 0.25) is 0 Å². The SMILES string of the molecule is CCCCN1C(=O)C(C#N)=C(C)/C(=C\c2cn(-c3ccccc3)nc2-c2ccc3c(c2)OCCO3)C1=O. The van der Waals surface area contributed by atoms with E-state index < -0.39 is 11.8 Å². The van der Waals surface area contributed by atoms with E-state index in [2.05, 4.69) is 0 Å². The number of nitrogens with zero attached hydrogens (tertiary/aromatic N) is 4. The molecule has 1 aromatic heterocycles. The number of fused-ring (bicyclic) bond motifs is 1. The molecule has 0 radical (unpaired) electrons. The number of amides is 2. The zero-order valence-electron chi connectivity index (χ0n) is 20.7. The quantitative estimate of drug-likeness (QED) is 0.364. The first-order valence-corrected chi connectivity index (χ1v) is 12.3. The van der Waals surface area contributed by atoms with Crippen molar-refractivity contribution in [2.45, 2.75) is 26.7 Å². The van der Waals surface area contributed by atoms with Crippen LogP contribution in [-0.2, 0) is 9.59 Å². The Morgan fingerprint density at radius 2 is 1.81 bits per heavy atom. The van der Waals surface area contributed by atoms with Crippen molar-refractivity contribution in [3.8, 4) is 34.5 Å². The van der Waals surface area contributed by atoms with Gasteiger partial charge in [0.15, 0.2) is 11.5 Å². The fourth-order valence-electron chi connectivity index (χ4n) is 4.43. The van der Waals surface area contributed by atoms with Crippen LogP contribution in [0.25, 0.3) is 23.0 Å². The number of hydrogen-bond acceptors (Lipinski definition) is 6. The Morgan fingerprint density at radius 3 is 2.54 bits per heavy atom. The van der Waals surface area contributed by atoms with Gasteiger partial charge in [-0.3, -0.25) is 14.5 Å². The van der Waals surface area contributed by atoms with Crippen LogP contribution in [0.5, 0.6) is 11.5 Å². The van der Waals surface area contributed by atoms with E-state index in [9.17, 15) is 14.9 Å². The van der Waals surface area contributed by atoms with Crippen LogP contribution < -0.4 is 9.47 Å². The summed E-state index contributed by atoms with van der Waals surface area (Å²) in [4.78, 5) is 27.5. The fourth-order valence-corrected chi connectivity index (χ4v) is 4.43. The normalized spacial score (nSPS) is 16.4. The Labute approximate surface area is 215 Å². The van der Waals surface area contributed by atoms with Crippen LogP contribution in [0.15, 0.2) is 71.4 Å². The molecule has 5 rings (SSSR count). The lowest BCUT2D eigenvalue weighted by atomic mass is 9.93. The first-order valence-electron chi connectivity index (χ1n) is 12.3. The number of rotatable bonds is 6. The highest BCUT2D eigenvalue weighted by atomic mass is 16.6. The molecule has 2 aromatic carbocycles. The van der Waals surface area contributed by atoms with E-state index in [1.165, 1.54) is 4.90 Å². The Morgan fingerprint density at radius 1 is 1.05 bits per heavy atom. The molecule has 3 aromatic rings. The fraction of sp³-hybridized carbons (Fsp3) is 0.241. The first-order chi connectivity index (χ1) is 18.0. The molecular weight excluding hydrogens is 468 g/mol. The predicted octanol–water partition coefficient (Wildman–Crippen LogP) is 4.70. The summed E-state index contributed by atoms with van der Waals surface area (Å²) in [6.07, 6.45) is 5.04. The number of carbonyl (C=O) groups is 2. The highest BCUT2D eigenvalue weighted by Crippen LogP contribution is 2.37. The Balaban J connectivity index is 1.67. The van der Waals surface area contributed by atoms with E-state index in [4.69, 9.17) is 14.6 Å². The number of hydrogen-bond donors (Lipinski definition) is 0. The van der Waals surface area contributed by atoms with Crippen LogP contribution >= 0.6 is 0 Å². The second-order valence-electron chi connectivity index (χ2n) is 8.86. The summed E-state index contributed by atoms with van der Waals surface area (Å²) < 4.78 is 13.2. The van der Waals surface area contributed by atoms with E-state index in [-0.39, 0.29) is 12.1 Å². The third-order valence-corrected chi connectivity index (χ3v) is 6.44. The highest BCUT2D eigenvalue weighted by molar-refractivity contribution is 6.19. The van der Waals surface area contributed by atoms with Gasteiger partial charge in [0.1, 0.15) is 30.6 Å². The molecule has 0 saturated heterocycles.